The van der Waals surface area contributed by atoms with Crippen molar-refractivity contribution in [2.45, 2.75) is 59.5 Å². The van der Waals surface area contributed by atoms with Crippen LogP contribution in [0.5, 0.6) is 0 Å². The number of aromatic nitrogens is 30. The topological polar surface area (TPSA) is 738 Å². The molecule has 22 N–H and O–H groups in total. The average Bonchev–Trinajstić information content (AvgIpc) is 1.65. The van der Waals surface area contributed by atoms with Gasteiger partial charge in [-0.2, -0.15) is 105 Å². The molecule has 0 spiro atoms. The molecule has 5 aromatic carbocycles. The molecule has 0 atom stereocenters. The fourth-order valence-corrected chi connectivity index (χ4v) is 11.3. The Morgan fingerprint density at radius 1 is 0.423 bits per heavy atom. The van der Waals surface area contributed by atoms with E-state index in [0.717, 1.165) is 65.5 Å². The van der Waals surface area contributed by atoms with E-state index in [0.29, 0.717) is 126 Å². The van der Waals surface area contributed by atoms with Crippen LogP contribution in [0.3, 0.4) is 0 Å². The van der Waals surface area contributed by atoms with Crippen molar-refractivity contribution >= 4 is 152 Å². The zero-order valence-electron chi connectivity index (χ0n) is 82.3. The van der Waals surface area contributed by atoms with Crippen molar-refractivity contribution in [2.24, 2.45) is 5.73 Å². The van der Waals surface area contributed by atoms with E-state index in [2.05, 4.69) is 184 Å². The number of aliphatic hydroxyl groups is 1. The summed E-state index contributed by atoms with van der Waals surface area (Å²) in [6.07, 6.45) is 7.16. The summed E-state index contributed by atoms with van der Waals surface area (Å²) in [5, 5.41) is 77.9. The molecule has 0 aliphatic rings. The van der Waals surface area contributed by atoms with Crippen LogP contribution in [-0.2, 0) is 26.8 Å². The van der Waals surface area contributed by atoms with E-state index in [1.165, 1.54) is 115 Å². The summed E-state index contributed by atoms with van der Waals surface area (Å²) in [6, 6.07) is 34.0. The van der Waals surface area contributed by atoms with Crippen LogP contribution < -0.4 is 220 Å². The number of anilines is 16. The van der Waals surface area contributed by atoms with Crippen molar-refractivity contribution in [1.29, 1.82) is 0 Å². The number of halogens is 9. The quantitative estimate of drug-likeness (QED) is 0.0120. The molecular formula is C85H95Cl3Cs2F6N44O9. The first kappa shape index (κ1) is 125. The second kappa shape index (κ2) is 63.1. The molecule has 0 aliphatic carbocycles. The number of carboxylic acid groups (broad SMARTS) is 1. The maximum absolute atomic E-state index is 13.0. The van der Waals surface area contributed by atoms with Gasteiger partial charge in [-0.15, -0.1) is 0 Å². The van der Waals surface area contributed by atoms with Crippen LogP contribution >= 0.6 is 34.8 Å². The molecule has 12 heterocycles. The maximum atomic E-state index is 13.0. The molecule has 0 unspecified atom stereocenters. The van der Waals surface area contributed by atoms with Crippen molar-refractivity contribution in [1.82, 2.24) is 149 Å². The Morgan fingerprint density at radius 2 is 0.758 bits per heavy atom. The van der Waals surface area contributed by atoms with E-state index in [9.17, 15) is 40.7 Å². The van der Waals surface area contributed by atoms with Crippen LogP contribution in [0.1, 0.15) is 70.7 Å². The molecule has 0 aliphatic heterocycles. The Labute approximate surface area is 977 Å². The van der Waals surface area contributed by atoms with Gasteiger partial charge in [-0.1, -0.05) is 65.1 Å². The standard InChI is InChI=1S/C22H19F3N8O.C19H24N8O2.C14H16N8.C8H5F3O2.C7H9N7.C6H5ClN6.C4H2Cl2N2.C2H4N4.CH5N.CH2O3.CH4O.2Cs.H/c1-13-6-7-16(31-20(34)14-4-3-5-15(8-14)22(23,24)25)9-17(13)32-21-29-12-30-33(21)19-10-18(26-2)27-11-28-19;1-12-6-7-13(25-18(28)29-19(2,3)4)8-14(12)26-17-23-11-24-27(17)16-9-15(20-5)21-10-22-16;1-9-3-4-10(15)5-11(9)21-14-19-8-20-22(14)13-6-12(16-2)17-7-18-13;9-8(10,11)6-3-1-2-5(4-6)7(12)13;1-9-5-2-6(11-3-10-5)14-7(8)12-4-13-14;7-4-1-5(10-2-9-4)13-6(8)11-3-12-13;5-3-1-4(6)8-2-7-3;3-2-4-1-5-6-2;1-2;2-1-4-3;1-2;;;/h3-12H,1-2H3,(H,31,34)(H,26,27,28)(H,29,30,32);6-11H,1-5H3,(H,25,28)(H,20,21,22)(H,23,24,26);3-8H,15H2,1-2H3,(H,16,17,18)(H,19,20,21);1-4H,(H,12,13);2-4H,1H3,(H2,8,12,13)(H,9,10,11);1-3H,(H2,8,11,12);1-2H;1H,(H3,3,4,5,6);2H2,1H3;1,3H;2H,1H3;;;/q;;;;;;;;;;;2*+1;-1/p-1. The van der Waals surface area contributed by atoms with E-state index in [-0.39, 0.29) is 163 Å². The Kier molecular flexibility index (Phi) is 52.9. The smallest absolute Gasteiger partial charge is 1.00 e. The van der Waals surface area contributed by atoms with Gasteiger partial charge in [0.1, 0.15) is 120 Å². The molecule has 774 valence electrons. The van der Waals surface area contributed by atoms with Gasteiger partial charge >= 0.3 is 162 Å². The number of benzene rings is 5. The third-order valence-corrected chi connectivity index (χ3v) is 18.1. The number of carbonyl (C=O) groups is 4. The van der Waals surface area contributed by atoms with Crippen molar-refractivity contribution < 1.29 is 210 Å². The van der Waals surface area contributed by atoms with Crippen LogP contribution in [0.2, 0.25) is 15.5 Å². The molecule has 0 fully saturated rings. The largest absolute Gasteiger partial charge is 1.00 e. The van der Waals surface area contributed by atoms with Gasteiger partial charge in [0.2, 0.25) is 35.7 Å². The summed E-state index contributed by atoms with van der Waals surface area (Å²) < 4.78 is 87.8. The zero-order chi connectivity index (χ0) is 108. The second-order valence-corrected chi connectivity index (χ2v) is 29.7. The molecule has 0 radical (unpaired) electrons. The Balaban J connectivity index is 0.000000368. The average molecular weight is 2360 g/mol. The number of hydrogen-bond donors (Lipinski definition) is 17. The summed E-state index contributed by atoms with van der Waals surface area (Å²) in [6.45, 7) is 11.1. The molecule has 0 bridgehead atoms. The van der Waals surface area contributed by atoms with E-state index in [1.54, 1.807) is 98.2 Å². The van der Waals surface area contributed by atoms with Crippen molar-refractivity contribution in [3.05, 3.63) is 270 Å². The Morgan fingerprint density at radius 3 is 1.08 bits per heavy atom. The first-order valence-electron chi connectivity index (χ1n) is 41.5. The van der Waals surface area contributed by atoms with Gasteiger partial charge in [0.15, 0.2) is 29.1 Å². The molecule has 17 rings (SSSR count). The summed E-state index contributed by atoms with van der Waals surface area (Å²) in [4.78, 5) is 118. The molecular weight excluding hydrogens is 2270 g/mol. The number of nitrogens with one attached hydrogen (secondary N) is 10. The number of aryl methyl sites for hydroxylation is 3. The SMILES string of the molecule is CN.CNc1cc(-n2ncnc2N)ncn1.CNc1cc(-n2ncnc2Nc2cc(N)ccc2C)ncn1.CNc1cc(-n2ncnc2Nc2cc(NC(=O)OC(C)(C)C)ccc2C)ncn1.CNc1cc(-n2ncnc2Nc2cc(NC(=O)c3cccc(C(F)(F)F)c3)ccc2C)ncn1.CO.Clc1cc(Cl)ncn1.Nc1ncn[nH]1.Nc1ncnn1-c1cc(Cl)ncn1.O=C(O)c1cccc(C(F)(F)F)c1.O=CO[O-].[Cs+].[Cs+].[H-]. The van der Waals surface area contributed by atoms with Crippen LogP contribution in [0.25, 0.3) is 29.1 Å². The number of aliphatic hydroxyl groups excluding tert-OH is 1. The first-order chi connectivity index (χ1) is 70.2. The number of hydrogen-bond acceptors (Lipinski definition) is 44. The Hall–Kier alpha value is -14.7. The van der Waals surface area contributed by atoms with E-state index < -0.39 is 47.1 Å². The Bertz CT molecular complexity index is 7030. The molecule has 64 heteroatoms. The summed E-state index contributed by atoms with van der Waals surface area (Å²) in [5.74, 6) is 5.66. The van der Waals surface area contributed by atoms with E-state index in [4.69, 9.17) is 82.7 Å². The predicted molar refractivity (Wildman–Crippen MR) is 532 cm³/mol. The van der Waals surface area contributed by atoms with Crippen LogP contribution in [0, 0.1) is 20.8 Å². The van der Waals surface area contributed by atoms with Gasteiger partial charge in [0.25, 0.3) is 12.4 Å². The van der Waals surface area contributed by atoms with Gasteiger partial charge in [0.05, 0.1) is 16.7 Å². The van der Waals surface area contributed by atoms with Gasteiger partial charge in [0, 0.05) is 111 Å². The number of nitrogens with zero attached hydrogens (tertiary/aromatic N) is 29. The minimum absolute atomic E-state index is 0. The van der Waals surface area contributed by atoms with Crippen molar-refractivity contribution in [3.63, 3.8) is 0 Å². The molecule has 0 saturated heterocycles. The number of nitrogens with two attached hydrogens (primary N) is 5. The monoisotopic (exact) mass is 2360 g/mol. The van der Waals surface area contributed by atoms with Gasteiger partial charge < -0.3 is 97.7 Å². The minimum atomic E-state index is -4.54. The third-order valence-electron chi connectivity index (χ3n) is 17.5. The molecule has 2 amide bonds. The number of rotatable bonds is 20. The fourth-order valence-electron chi connectivity index (χ4n) is 10.8. The predicted octanol–water partition coefficient (Wildman–Crippen LogP) is 4.94. The summed E-state index contributed by atoms with van der Waals surface area (Å²) in [7, 11) is 9.58. The summed E-state index contributed by atoms with van der Waals surface area (Å²) >= 11 is 16.5. The number of H-pyrrole nitrogens is 1. The second-order valence-electron chi connectivity index (χ2n) is 28.6. The van der Waals surface area contributed by atoms with Crippen molar-refractivity contribution in [3.8, 4) is 29.1 Å². The molecule has 17 aromatic rings. The van der Waals surface area contributed by atoms with Crippen LogP contribution in [-0.4, -0.2) is 231 Å². The maximum Gasteiger partial charge on any atom is 1.00 e. The fraction of sp³-hybridized carbons (Fsp3) is 0.176. The number of alkyl halides is 6. The normalized spacial score (nSPS) is 10.1. The van der Waals surface area contributed by atoms with E-state index >= 15 is 0 Å². The van der Waals surface area contributed by atoms with Crippen LogP contribution in [0.4, 0.5) is 124 Å². The number of amides is 2. The van der Waals surface area contributed by atoms with E-state index in [1.807, 2.05) is 65.8 Å². The number of aromatic amines is 1. The molecule has 0 saturated carbocycles. The molecule has 149 heavy (non-hydrogen) atoms. The number of nitrogen functional groups attached to an aromatic ring is 4. The number of carboxylic acids is 1. The molecule has 53 nitrogen and oxygen atoms in total. The molecule has 12 aromatic heterocycles. The van der Waals surface area contributed by atoms with Crippen LogP contribution in [0.15, 0.2) is 215 Å². The third kappa shape index (κ3) is 41.5. The summed E-state index contributed by atoms with van der Waals surface area (Å²) in [5.41, 5.74) is 30.3. The van der Waals surface area contributed by atoms with Gasteiger partial charge in [-0.25, -0.2) is 79.5 Å². The first-order valence-corrected chi connectivity index (χ1v) is 42.6. The van der Waals surface area contributed by atoms with Gasteiger partial charge in [-0.05, 0) is 138 Å². The number of aromatic carboxylic acids is 1. The minimum Gasteiger partial charge on any atom is -1.00 e. The van der Waals surface area contributed by atoms with Gasteiger partial charge in [-0.3, -0.25) is 14.9 Å². The zero-order valence-corrected chi connectivity index (χ0v) is 96.1. The number of ether oxygens (including phenoxy) is 1. The van der Waals surface area contributed by atoms with Crippen molar-refractivity contribution in [2.75, 3.05) is 113 Å². The number of carbonyl (C=O) groups excluding carboxylic acids is 3.